The lowest BCUT2D eigenvalue weighted by molar-refractivity contribution is -0.145. The van der Waals surface area contributed by atoms with Gasteiger partial charge in [0.15, 0.2) is 0 Å². The second kappa shape index (κ2) is 8.89. The van der Waals surface area contributed by atoms with E-state index < -0.39 is 18.1 Å². The third-order valence-corrected chi connectivity index (χ3v) is 6.78. The third kappa shape index (κ3) is 4.72. The van der Waals surface area contributed by atoms with Crippen LogP contribution in [0.15, 0.2) is 48.5 Å². The van der Waals surface area contributed by atoms with Gasteiger partial charge in [0.05, 0.1) is 0 Å². The normalized spacial score (nSPS) is 17.6. The Hall–Kier alpha value is -3.35. The van der Waals surface area contributed by atoms with Crippen LogP contribution in [0.4, 0.5) is 4.79 Å². The van der Waals surface area contributed by atoms with E-state index in [2.05, 4.69) is 29.6 Å². The van der Waals surface area contributed by atoms with Crippen molar-refractivity contribution < 1.29 is 24.2 Å². The Morgan fingerprint density at radius 3 is 2.12 bits per heavy atom. The monoisotopic (exact) mass is 448 g/mol. The molecular weight excluding hydrogens is 420 g/mol. The molecule has 0 aliphatic heterocycles. The third-order valence-electron chi connectivity index (χ3n) is 6.78. The maximum atomic E-state index is 13.1. The van der Waals surface area contributed by atoms with E-state index >= 15 is 0 Å². The maximum Gasteiger partial charge on any atom is 0.407 e. The fourth-order valence-corrected chi connectivity index (χ4v) is 4.81. The first kappa shape index (κ1) is 21.5. The molecule has 0 heterocycles. The summed E-state index contributed by atoms with van der Waals surface area (Å²) in [6.45, 7) is -0.164. The average Bonchev–Trinajstić information content (AvgIpc) is 3.73. The highest BCUT2D eigenvalue weighted by Crippen LogP contribution is 2.44. The van der Waals surface area contributed by atoms with Gasteiger partial charge in [0.25, 0.3) is 0 Å². The molecule has 2 saturated carbocycles. The minimum atomic E-state index is -1.04. The number of nitrogens with one attached hydrogen (secondary N) is 1. The standard InChI is InChI=1S/C26H28N2O5/c29-24(30)14-28(17-11-12-17)25(31)23(13-16-9-10-16)27-26(32)33-15-22-20-7-3-1-5-18(20)19-6-2-4-8-21(19)22/h1-8,16-17,22-23H,9-15H2,(H,27,32)(H,29,30)/t23-/m0/s1. The van der Waals surface area contributed by atoms with Gasteiger partial charge in [-0.3, -0.25) is 9.59 Å². The van der Waals surface area contributed by atoms with Crippen molar-refractivity contribution in [3.63, 3.8) is 0 Å². The number of ether oxygens (including phenoxy) is 1. The Bertz CT molecular complexity index is 1030. The van der Waals surface area contributed by atoms with Gasteiger partial charge < -0.3 is 20.1 Å². The number of amides is 2. The van der Waals surface area contributed by atoms with E-state index in [1.807, 2.05) is 24.3 Å². The van der Waals surface area contributed by atoms with Gasteiger partial charge in [-0.15, -0.1) is 0 Å². The first-order valence-corrected chi connectivity index (χ1v) is 11.6. The van der Waals surface area contributed by atoms with Crippen LogP contribution in [0.25, 0.3) is 11.1 Å². The Kier molecular flexibility index (Phi) is 5.79. The number of carboxylic acid groups (broad SMARTS) is 1. The first-order valence-electron chi connectivity index (χ1n) is 11.6. The SMILES string of the molecule is O=C(O)CN(C(=O)[C@H](CC1CC1)NC(=O)OCC1c2ccccc2-c2ccccc21)C1CC1. The highest BCUT2D eigenvalue weighted by molar-refractivity contribution is 5.88. The van der Waals surface area contributed by atoms with E-state index in [0.717, 1.165) is 47.9 Å². The molecule has 172 valence electrons. The molecule has 0 bridgehead atoms. The summed E-state index contributed by atoms with van der Waals surface area (Å²) in [4.78, 5) is 38.6. The van der Waals surface area contributed by atoms with Crippen LogP contribution >= 0.6 is 0 Å². The number of carboxylic acids is 1. The van der Waals surface area contributed by atoms with Crippen molar-refractivity contribution in [2.45, 2.75) is 50.1 Å². The van der Waals surface area contributed by atoms with Gasteiger partial charge in [0, 0.05) is 12.0 Å². The number of nitrogens with zero attached hydrogens (tertiary/aromatic N) is 1. The predicted octanol–water partition coefficient (Wildman–Crippen LogP) is 3.77. The van der Waals surface area contributed by atoms with E-state index in [1.54, 1.807) is 0 Å². The molecule has 3 aliphatic rings. The van der Waals surface area contributed by atoms with Crippen LogP contribution in [-0.2, 0) is 14.3 Å². The summed E-state index contributed by atoms with van der Waals surface area (Å²) in [6, 6.07) is 15.4. The Morgan fingerprint density at radius 1 is 0.970 bits per heavy atom. The van der Waals surface area contributed by atoms with Crippen molar-refractivity contribution in [3.05, 3.63) is 59.7 Å². The molecule has 0 unspecified atom stereocenters. The molecule has 2 N–H and O–H groups in total. The zero-order valence-corrected chi connectivity index (χ0v) is 18.4. The van der Waals surface area contributed by atoms with Gasteiger partial charge in [-0.2, -0.15) is 0 Å². The second-order valence-corrected chi connectivity index (χ2v) is 9.29. The van der Waals surface area contributed by atoms with Gasteiger partial charge in [0.2, 0.25) is 5.91 Å². The highest BCUT2D eigenvalue weighted by Gasteiger charge is 2.40. The molecule has 7 heteroatoms. The van der Waals surface area contributed by atoms with E-state index in [0.29, 0.717) is 12.3 Å². The quantitative estimate of drug-likeness (QED) is 0.609. The van der Waals surface area contributed by atoms with Crippen LogP contribution in [0.2, 0.25) is 0 Å². The minimum Gasteiger partial charge on any atom is -0.480 e. The topological polar surface area (TPSA) is 95.9 Å². The van der Waals surface area contributed by atoms with E-state index in [-0.39, 0.29) is 31.0 Å². The lowest BCUT2D eigenvalue weighted by Gasteiger charge is -2.26. The summed E-state index contributed by atoms with van der Waals surface area (Å²) < 4.78 is 5.62. The van der Waals surface area contributed by atoms with Crippen LogP contribution in [-0.4, -0.2) is 53.2 Å². The minimum absolute atomic E-state index is 0.0420. The molecule has 33 heavy (non-hydrogen) atoms. The van der Waals surface area contributed by atoms with Crippen molar-refractivity contribution in [2.24, 2.45) is 5.92 Å². The molecule has 5 rings (SSSR count). The van der Waals surface area contributed by atoms with Gasteiger partial charge >= 0.3 is 12.1 Å². The summed E-state index contributed by atoms with van der Waals surface area (Å²) in [6.07, 6.45) is 3.55. The van der Waals surface area contributed by atoms with Crippen LogP contribution in [0.3, 0.4) is 0 Å². The summed E-state index contributed by atoms with van der Waals surface area (Å²) in [7, 11) is 0. The van der Waals surface area contributed by atoms with Gasteiger partial charge in [-0.25, -0.2) is 4.79 Å². The van der Waals surface area contributed by atoms with Crippen LogP contribution in [0.1, 0.15) is 49.1 Å². The maximum absolute atomic E-state index is 13.1. The van der Waals surface area contributed by atoms with Crippen LogP contribution in [0.5, 0.6) is 0 Å². The zero-order chi connectivity index (χ0) is 22.9. The molecule has 0 spiro atoms. The Labute approximate surface area is 192 Å². The largest absolute Gasteiger partial charge is 0.480 e. The number of carbonyl (C=O) groups is 3. The van der Waals surface area contributed by atoms with Crippen molar-refractivity contribution in [1.82, 2.24) is 10.2 Å². The molecule has 0 radical (unpaired) electrons. The number of benzene rings is 2. The molecular formula is C26H28N2O5. The molecule has 2 aromatic rings. The van der Waals surface area contributed by atoms with E-state index in [9.17, 15) is 19.5 Å². The molecule has 2 aromatic carbocycles. The van der Waals surface area contributed by atoms with Crippen molar-refractivity contribution in [1.29, 1.82) is 0 Å². The average molecular weight is 449 g/mol. The van der Waals surface area contributed by atoms with E-state index in [1.165, 1.54) is 4.90 Å². The van der Waals surface area contributed by atoms with Crippen LogP contribution in [0, 0.1) is 5.92 Å². The lowest BCUT2D eigenvalue weighted by atomic mass is 9.98. The summed E-state index contributed by atoms with van der Waals surface area (Å²) in [5.41, 5.74) is 4.55. The summed E-state index contributed by atoms with van der Waals surface area (Å²) >= 11 is 0. The predicted molar refractivity (Wildman–Crippen MR) is 122 cm³/mol. The summed E-state index contributed by atoms with van der Waals surface area (Å²) in [5.74, 6) is -1.03. The van der Waals surface area contributed by atoms with Crippen molar-refractivity contribution in [3.8, 4) is 11.1 Å². The Morgan fingerprint density at radius 2 is 1.58 bits per heavy atom. The molecule has 0 saturated heterocycles. The van der Waals surface area contributed by atoms with Gasteiger partial charge in [-0.05, 0) is 47.4 Å². The zero-order valence-electron chi connectivity index (χ0n) is 18.4. The lowest BCUT2D eigenvalue weighted by Crippen LogP contribution is -2.51. The van der Waals surface area contributed by atoms with Crippen LogP contribution < -0.4 is 5.32 Å². The smallest absolute Gasteiger partial charge is 0.407 e. The number of carbonyl (C=O) groups excluding carboxylic acids is 2. The molecule has 2 fully saturated rings. The molecule has 3 aliphatic carbocycles. The fourth-order valence-electron chi connectivity index (χ4n) is 4.81. The molecule has 0 aromatic heterocycles. The number of alkyl carbamates (subject to hydrolysis) is 1. The number of hydrogen-bond donors (Lipinski definition) is 2. The molecule has 7 nitrogen and oxygen atoms in total. The Balaban J connectivity index is 1.26. The van der Waals surface area contributed by atoms with Crippen molar-refractivity contribution >= 4 is 18.0 Å². The number of fused-ring (bicyclic) bond motifs is 3. The van der Waals surface area contributed by atoms with E-state index in [4.69, 9.17) is 4.74 Å². The van der Waals surface area contributed by atoms with Gasteiger partial charge in [0.1, 0.15) is 19.2 Å². The summed E-state index contributed by atoms with van der Waals surface area (Å²) in [5, 5.41) is 12.0. The first-order chi connectivity index (χ1) is 16.0. The molecule has 2 amide bonds. The number of aliphatic carboxylic acids is 1. The fraction of sp³-hybridized carbons (Fsp3) is 0.423. The molecule has 1 atom stereocenters. The van der Waals surface area contributed by atoms with Gasteiger partial charge in [-0.1, -0.05) is 61.4 Å². The van der Waals surface area contributed by atoms with Crippen molar-refractivity contribution in [2.75, 3.05) is 13.2 Å². The number of rotatable bonds is 9. The second-order valence-electron chi connectivity index (χ2n) is 9.29. The number of hydrogen-bond acceptors (Lipinski definition) is 4. The highest BCUT2D eigenvalue weighted by atomic mass is 16.5.